The number of carbonyl (C=O) groups excluding carboxylic acids is 1. The summed E-state index contributed by atoms with van der Waals surface area (Å²) < 4.78 is 11.2. The summed E-state index contributed by atoms with van der Waals surface area (Å²) in [5, 5.41) is 21.2. The van der Waals surface area contributed by atoms with Gasteiger partial charge in [0, 0.05) is 5.57 Å². The van der Waals surface area contributed by atoms with Crippen molar-refractivity contribution < 1.29 is 24.5 Å². The second-order valence-electron chi connectivity index (χ2n) is 12.8. The summed E-state index contributed by atoms with van der Waals surface area (Å²) in [6.45, 7) is 4.18. The number of rotatable bonds is 26. The van der Waals surface area contributed by atoms with Crippen molar-refractivity contribution in [3.05, 3.63) is 11.6 Å². The number of aliphatic hydroxyl groups is 2. The van der Waals surface area contributed by atoms with Crippen molar-refractivity contribution in [3.8, 4) is 0 Å². The predicted molar refractivity (Wildman–Crippen MR) is 165 cm³/mol. The lowest BCUT2D eigenvalue weighted by Crippen LogP contribution is -2.31. The molecule has 1 saturated heterocycles. The van der Waals surface area contributed by atoms with E-state index in [1.807, 2.05) is 13.0 Å². The number of unbranched alkanes of at least 4 members (excludes halogenated alkanes) is 18. The van der Waals surface area contributed by atoms with Crippen LogP contribution in [-0.4, -0.2) is 46.7 Å². The molecule has 2 aliphatic rings. The molecule has 2 heterocycles. The van der Waals surface area contributed by atoms with Crippen molar-refractivity contribution in [3.63, 3.8) is 0 Å². The van der Waals surface area contributed by atoms with Gasteiger partial charge in [-0.05, 0) is 51.5 Å². The maximum atomic E-state index is 11.6. The van der Waals surface area contributed by atoms with Crippen LogP contribution in [0.15, 0.2) is 11.6 Å². The van der Waals surface area contributed by atoms with Gasteiger partial charge < -0.3 is 19.7 Å². The summed E-state index contributed by atoms with van der Waals surface area (Å²) in [7, 11) is 0. The average Bonchev–Trinajstić information content (AvgIpc) is 3.56. The number of carbonyl (C=O) groups is 1. The van der Waals surface area contributed by atoms with E-state index in [0.717, 1.165) is 56.9 Å². The van der Waals surface area contributed by atoms with Crippen LogP contribution >= 0.6 is 0 Å². The van der Waals surface area contributed by atoms with Crippen molar-refractivity contribution in [2.45, 2.75) is 205 Å². The molecule has 40 heavy (non-hydrogen) atoms. The third kappa shape index (κ3) is 15.9. The molecular formula is C35H64O5. The predicted octanol–water partition coefficient (Wildman–Crippen LogP) is 9.12. The maximum absolute atomic E-state index is 11.6. The van der Waals surface area contributed by atoms with E-state index in [2.05, 4.69) is 6.92 Å². The highest BCUT2D eigenvalue weighted by Gasteiger charge is 2.34. The molecule has 0 aromatic carbocycles. The monoisotopic (exact) mass is 564 g/mol. The molecule has 5 atom stereocenters. The molecule has 0 bridgehead atoms. The topological polar surface area (TPSA) is 76.0 Å². The van der Waals surface area contributed by atoms with E-state index in [4.69, 9.17) is 9.47 Å². The fourth-order valence-corrected chi connectivity index (χ4v) is 6.37. The van der Waals surface area contributed by atoms with Crippen LogP contribution in [0.2, 0.25) is 0 Å². The first-order valence-electron chi connectivity index (χ1n) is 17.4. The zero-order valence-electron chi connectivity index (χ0n) is 26.3. The van der Waals surface area contributed by atoms with E-state index >= 15 is 0 Å². The highest BCUT2D eigenvalue weighted by atomic mass is 16.5. The van der Waals surface area contributed by atoms with Gasteiger partial charge in [0.05, 0.1) is 24.4 Å². The number of cyclic esters (lactones) is 1. The van der Waals surface area contributed by atoms with Gasteiger partial charge >= 0.3 is 5.97 Å². The lowest BCUT2D eigenvalue weighted by Gasteiger charge is -2.22. The molecule has 2 aliphatic heterocycles. The first kappa shape index (κ1) is 35.3. The molecule has 1 fully saturated rings. The Balaban J connectivity index is 1.35. The van der Waals surface area contributed by atoms with Crippen LogP contribution in [-0.2, 0) is 14.3 Å². The molecule has 0 aromatic heterocycles. The van der Waals surface area contributed by atoms with Crippen LogP contribution in [0, 0.1) is 0 Å². The molecule has 0 radical (unpaired) electrons. The molecule has 2 N–H and O–H groups in total. The van der Waals surface area contributed by atoms with Gasteiger partial charge in [-0.3, -0.25) is 0 Å². The molecule has 0 aromatic rings. The van der Waals surface area contributed by atoms with E-state index in [9.17, 15) is 15.0 Å². The Hall–Kier alpha value is -0.910. The van der Waals surface area contributed by atoms with Crippen LogP contribution in [0.5, 0.6) is 0 Å². The summed E-state index contributed by atoms with van der Waals surface area (Å²) in [5.74, 6) is -0.117. The van der Waals surface area contributed by atoms with Gasteiger partial charge in [-0.2, -0.15) is 0 Å². The Labute approximate surface area is 246 Å². The largest absolute Gasteiger partial charge is 0.455 e. The van der Waals surface area contributed by atoms with E-state index in [1.54, 1.807) is 0 Å². The fourth-order valence-electron chi connectivity index (χ4n) is 6.37. The van der Waals surface area contributed by atoms with Gasteiger partial charge in [0.1, 0.15) is 6.10 Å². The Morgan fingerprint density at radius 1 is 0.675 bits per heavy atom. The molecule has 0 amide bonds. The number of hydrogen-bond donors (Lipinski definition) is 2. The van der Waals surface area contributed by atoms with Crippen LogP contribution in [0.25, 0.3) is 0 Å². The molecule has 1 unspecified atom stereocenters. The third-order valence-electron chi connectivity index (χ3n) is 8.98. The quantitative estimate of drug-likeness (QED) is 0.0809. The minimum absolute atomic E-state index is 0.0443. The zero-order chi connectivity index (χ0) is 28.8. The first-order chi connectivity index (χ1) is 19.5. The van der Waals surface area contributed by atoms with Crippen LogP contribution in [0.3, 0.4) is 0 Å². The average molecular weight is 565 g/mol. The standard InChI is InChI=1S/C35H64O5/c1-3-4-5-6-7-8-12-15-18-21-24-31(36)33-26-27-34(40-33)32(37)25-22-19-16-13-10-9-11-14-17-20-23-30-28-29(2)39-35(30)38/h28-29,31-34,36-37H,3-27H2,1-2H3/t29?,31-,32+,33-,34+/m1/s1. The molecule has 5 heteroatoms. The Kier molecular flexibility index (Phi) is 20.0. The van der Waals surface area contributed by atoms with Crippen molar-refractivity contribution >= 4 is 5.97 Å². The SMILES string of the molecule is CCCCCCCCCCCC[C@@H](O)[C@H]1CC[C@@H]([C@@H](O)CCCCCCCCCCCCC2=CC(C)OC2=O)O1. The highest BCUT2D eigenvalue weighted by molar-refractivity contribution is 5.90. The third-order valence-corrected chi connectivity index (χ3v) is 8.98. The molecule has 0 spiro atoms. The summed E-state index contributed by atoms with van der Waals surface area (Å²) >= 11 is 0. The summed E-state index contributed by atoms with van der Waals surface area (Å²) in [4.78, 5) is 11.6. The number of esters is 1. The van der Waals surface area contributed by atoms with Crippen LogP contribution < -0.4 is 0 Å². The smallest absolute Gasteiger partial charge is 0.334 e. The van der Waals surface area contributed by atoms with Crippen molar-refractivity contribution in [1.82, 2.24) is 0 Å². The summed E-state index contributed by atoms with van der Waals surface area (Å²) in [6, 6.07) is 0. The van der Waals surface area contributed by atoms with Gasteiger partial charge in [-0.1, -0.05) is 129 Å². The first-order valence-corrected chi connectivity index (χ1v) is 17.4. The van der Waals surface area contributed by atoms with Gasteiger partial charge in [-0.25, -0.2) is 4.79 Å². The van der Waals surface area contributed by atoms with Gasteiger partial charge in [-0.15, -0.1) is 0 Å². The van der Waals surface area contributed by atoms with Crippen molar-refractivity contribution in [2.75, 3.05) is 0 Å². The lowest BCUT2D eigenvalue weighted by molar-refractivity contribution is -0.139. The van der Waals surface area contributed by atoms with E-state index < -0.39 is 0 Å². The minimum atomic E-state index is -0.389. The summed E-state index contributed by atoms with van der Waals surface area (Å²) in [6.07, 6.45) is 30.5. The normalized spacial score (nSPS) is 22.4. The maximum Gasteiger partial charge on any atom is 0.334 e. The highest BCUT2D eigenvalue weighted by Crippen LogP contribution is 2.28. The Bertz CT molecular complexity index is 662. The molecule has 0 saturated carbocycles. The molecule has 234 valence electrons. The number of ether oxygens (including phenoxy) is 2. The zero-order valence-corrected chi connectivity index (χ0v) is 26.3. The Morgan fingerprint density at radius 3 is 1.48 bits per heavy atom. The number of aliphatic hydroxyl groups excluding tert-OH is 2. The van der Waals surface area contributed by atoms with Gasteiger partial charge in [0.15, 0.2) is 0 Å². The molecular weight excluding hydrogens is 500 g/mol. The fraction of sp³-hybridized carbons (Fsp3) is 0.914. The van der Waals surface area contributed by atoms with Crippen molar-refractivity contribution in [1.29, 1.82) is 0 Å². The van der Waals surface area contributed by atoms with Gasteiger partial charge in [0.25, 0.3) is 0 Å². The molecule has 0 aliphatic carbocycles. The van der Waals surface area contributed by atoms with Gasteiger partial charge in [0.2, 0.25) is 0 Å². The second kappa shape index (κ2) is 22.7. The van der Waals surface area contributed by atoms with Crippen molar-refractivity contribution in [2.24, 2.45) is 0 Å². The molecule has 2 rings (SSSR count). The van der Waals surface area contributed by atoms with E-state index in [-0.39, 0.29) is 36.5 Å². The minimum Gasteiger partial charge on any atom is -0.455 e. The second-order valence-corrected chi connectivity index (χ2v) is 12.8. The lowest BCUT2D eigenvalue weighted by atomic mass is 10.00. The van der Waals surface area contributed by atoms with E-state index in [0.29, 0.717) is 0 Å². The Morgan fingerprint density at radius 2 is 1.07 bits per heavy atom. The summed E-state index contributed by atoms with van der Waals surface area (Å²) in [5.41, 5.74) is 0.870. The molecule has 5 nitrogen and oxygen atoms in total. The van der Waals surface area contributed by atoms with Crippen LogP contribution in [0.4, 0.5) is 0 Å². The van der Waals surface area contributed by atoms with Crippen LogP contribution in [0.1, 0.15) is 174 Å². The van der Waals surface area contributed by atoms with E-state index in [1.165, 1.54) is 109 Å². The number of hydrogen-bond acceptors (Lipinski definition) is 5.